The van der Waals surface area contributed by atoms with Gasteiger partial charge in [-0.15, -0.1) is 0 Å². The van der Waals surface area contributed by atoms with E-state index in [0.717, 1.165) is 27.1 Å². The summed E-state index contributed by atoms with van der Waals surface area (Å²) in [6.07, 6.45) is 0. The predicted molar refractivity (Wildman–Crippen MR) is 78.2 cm³/mol. The molecule has 2 aromatic rings. The van der Waals surface area contributed by atoms with Crippen molar-refractivity contribution in [1.82, 2.24) is 15.1 Å². The van der Waals surface area contributed by atoms with Gasteiger partial charge in [-0.25, -0.2) is 9.07 Å². The van der Waals surface area contributed by atoms with Crippen molar-refractivity contribution in [2.75, 3.05) is 7.05 Å². The lowest BCUT2D eigenvalue weighted by Crippen LogP contribution is -2.16. The van der Waals surface area contributed by atoms with Crippen LogP contribution in [0, 0.1) is 19.7 Å². The molecule has 1 aromatic carbocycles. The summed E-state index contributed by atoms with van der Waals surface area (Å²) in [6, 6.07) is 4.84. The molecule has 0 fully saturated rings. The second-order valence-corrected chi connectivity index (χ2v) is 5.40. The Bertz CT molecular complexity index is 607. The Morgan fingerprint density at radius 1 is 1.37 bits per heavy atom. The van der Waals surface area contributed by atoms with Crippen LogP contribution in [-0.2, 0) is 0 Å². The highest BCUT2D eigenvalue weighted by Crippen LogP contribution is 2.27. The largest absolute Gasteiger partial charge is 0.313 e. The van der Waals surface area contributed by atoms with Crippen LogP contribution in [0.2, 0.25) is 0 Å². The van der Waals surface area contributed by atoms with Crippen LogP contribution in [0.3, 0.4) is 0 Å². The van der Waals surface area contributed by atoms with Crippen LogP contribution < -0.4 is 5.32 Å². The lowest BCUT2D eigenvalue weighted by atomic mass is 10.1. The zero-order valence-electron chi connectivity index (χ0n) is 11.5. The molecule has 102 valence electrons. The van der Waals surface area contributed by atoms with Crippen LogP contribution in [0.25, 0.3) is 5.69 Å². The molecule has 0 bridgehead atoms. The van der Waals surface area contributed by atoms with Crippen molar-refractivity contribution in [1.29, 1.82) is 0 Å². The second-order valence-electron chi connectivity index (χ2n) is 4.61. The smallest absolute Gasteiger partial charge is 0.123 e. The fraction of sp³-hybridized carbons (Fsp3) is 0.357. The van der Waals surface area contributed by atoms with Gasteiger partial charge in [0, 0.05) is 6.04 Å². The molecule has 1 unspecified atom stereocenters. The summed E-state index contributed by atoms with van der Waals surface area (Å²) in [4.78, 5) is 0. The molecule has 1 atom stereocenters. The molecular weight excluding hydrogens is 309 g/mol. The maximum absolute atomic E-state index is 13.5. The zero-order valence-corrected chi connectivity index (χ0v) is 13.0. The quantitative estimate of drug-likeness (QED) is 0.933. The second kappa shape index (κ2) is 5.43. The molecule has 0 saturated carbocycles. The van der Waals surface area contributed by atoms with Crippen LogP contribution in [0.4, 0.5) is 4.39 Å². The minimum atomic E-state index is -0.235. The Kier molecular flexibility index (Phi) is 4.06. The fourth-order valence-electron chi connectivity index (χ4n) is 2.08. The number of nitrogens with one attached hydrogen (secondary N) is 1. The SMILES string of the molecule is CNC(C)c1cc(F)ccc1-n1nc(C)c(Br)c1C. The molecule has 0 aliphatic carbocycles. The Balaban J connectivity index is 2.64. The number of hydrogen-bond donors (Lipinski definition) is 1. The van der Waals surface area contributed by atoms with Gasteiger partial charge in [0.1, 0.15) is 5.82 Å². The zero-order chi connectivity index (χ0) is 14.2. The molecule has 2 rings (SSSR count). The van der Waals surface area contributed by atoms with Crippen molar-refractivity contribution < 1.29 is 4.39 Å². The van der Waals surface area contributed by atoms with Gasteiger partial charge in [-0.1, -0.05) is 0 Å². The van der Waals surface area contributed by atoms with Crippen molar-refractivity contribution in [2.24, 2.45) is 0 Å². The van der Waals surface area contributed by atoms with Gasteiger partial charge in [-0.05, 0) is 67.5 Å². The molecule has 1 heterocycles. The van der Waals surface area contributed by atoms with Gasteiger partial charge in [-0.2, -0.15) is 5.10 Å². The van der Waals surface area contributed by atoms with Crippen molar-refractivity contribution in [3.63, 3.8) is 0 Å². The Morgan fingerprint density at radius 2 is 2.05 bits per heavy atom. The van der Waals surface area contributed by atoms with E-state index >= 15 is 0 Å². The first-order valence-electron chi connectivity index (χ1n) is 6.14. The average Bonchev–Trinajstić information content (AvgIpc) is 2.65. The van der Waals surface area contributed by atoms with Gasteiger partial charge in [0.2, 0.25) is 0 Å². The summed E-state index contributed by atoms with van der Waals surface area (Å²) >= 11 is 3.52. The third-order valence-corrected chi connectivity index (χ3v) is 4.47. The molecule has 0 amide bonds. The molecule has 3 nitrogen and oxygen atoms in total. The fourth-order valence-corrected chi connectivity index (χ4v) is 2.33. The highest BCUT2D eigenvalue weighted by Gasteiger charge is 2.16. The molecule has 0 spiro atoms. The molecule has 0 aliphatic rings. The standard InChI is InChI=1S/C14H17BrFN3/c1-8(17-4)12-7-11(16)5-6-13(12)19-10(3)14(15)9(2)18-19/h5-8,17H,1-4H3. The third kappa shape index (κ3) is 2.58. The molecule has 1 N–H and O–H groups in total. The first kappa shape index (κ1) is 14.2. The third-order valence-electron chi connectivity index (χ3n) is 3.32. The molecule has 5 heteroatoms. The maximum Gasteiger partial charge on any atom is 0.123 e. The topological polar surface area (TPSA) is 29.9 Å². The summed E-state index contributed by atoms with van der Waals surface area (Å²) in [7, 11) is 1.86. The summed E-state index contributed by atoms with van der Waals surface area (Å²) < 4.78 is 16.3. The van der Waals surface area contributed by atoms with E-state index in [0.29, 0.717) is 0 Å². The number of halogens is 2. The molecule has 19 heavy (non-hydrogen) atoms. The molecule has 0 aliphatic heterocycles. The molecule has 1 aromatic heterocycles. The summed E-state index contributed by atoms with van der Waals surface area (Å²) in [5, 5.41) is 7.65. The van der Waals surface area contributed by atoms with Crippen molar-refractivity contribution >= 4 is 15.9 Å². The van der Waals surface area contributed by atoms with Gasteiger partial charge < -0.3 is 5.32 Å². The van der Waals surface area contributed by atoms with E-state index in [1.165, 1.54) is 6.07 Å². The van der Waals surface area contributed by atoms with Gasteiger partial charge in [0.25, 0.3) is 0 Å². The van der Waals surface area contributed by atoms with Crippen LogP contribution in [0.1, 0.15) is 29.9 Å². The van der Waals surface area contributed by atoms with Crippen LogP contribution in [-0.4, -0.2) is 16.8 Å². The van der Waals surface area contributed by atoms with Crippen LogP contribution in [0.5, 0.6) is 0 Å². The summed E-state index contributed by atoms with van der Waals surface area (Å²) in [5.41, 5.74) is 3.72. The van der Waals surface area contributed by atoms with E-state index < -0.39 is 0 Å². The van der Waals surface area contributed by atoms with Crippen molar-refractivity contribution in [3.8, 4) is 5.69 Å². The maximum atomic E-state index is 13.5. The van der Waals surface area contributed by atoms with E-state index in [1.54, 1.807) is 12.1 Å². The normalized spacial score (nSPS) is 12.7. The highest BCUT2D eigenvalue weighted by atomic mass is 79.9. The number of hydrogen-bond acceptors (Lipinski definition) is 2. The minimum Gasteiger partial charge on any atom is -0.313 e. The van der Waals surface area contributed by atoms with E-state index in [1.807, 2.05) is 32.5 Å². The minimum absolute atomic E-state index is 0.0494. The monoisotopic (exact) mass is 325 g/mol. The summed E-state index contributed by atoms with van der Waals surface area (Å²) in [5.74, 6) is -0.235. The lowest BCUT2D eigenvalue weighted by Gasteiger charge is -2.17. The Hall–Kier alpha value is -1.20. The van der Waals surface area contributed by atoms with E-state index in [2.05, 4.69) is 26.3 Å². The molecule has 0 radical (unpaired) electrons. The number of benzene rings is 1. The first-order valence-corrected chi connectivity index (χ1v) is 6.93. The van der Waals surface area contributed by atoms with Gasteiger partial charge in [0.05, 0.1) is 21.5 Å². The average molecular weight is 326 g/mol. The van der Waals surface area contributed by atoms with E-state index in [9.17, 15) is 4.39 Å². The number of aromatic nitrogens is 2. The number of aryl methyl sites for hydroxylation is 1. The predicted octanol–water partition coefficient (Wildman–Crippen LogP) is 3.67. The number of nitrogens with zero attached hydrogens (tertiary/aromatic N) is 2. The van der Waals surface area contributed by atoms with Crippen LogP contribution >= 0.6 is 15.9 Å². The van der Waals surface area contributed by atoms with Crippen LogP contribution in [0.15, 0.2) is 22.7 Å². The van der Waals surface area contributed by atoms with Crippen molar-refractivity contribution in [3.05, 3.63) is 45.4 Å². The van der Waals surface area contributed by atoms with Crippen molar-refractivity contribution in [2.45, 2.75) is 26.8 Å². The Morgan fingerprint density at radius 3 is 2.58 bits per heavy atom. The Labute approximate surface area is 121 Å². The van der Waals surface area contributed by atoms with Gasteiger partial charge in [0.15, 0.2) is 0 Å². The lowest BCUT2D eigenvalue weighted by molar-refractivity contribution is 0.603. The number of rotatable bonds is 3. The first-order chi connectivity index (χ1) is 8.95. The van der Waals surface area contributed by atoms with Gasteiger partial charge in [-0.3, -0.25) is 0 Å². The summed E-state index contributed by atoms with van der Waals surface area (Å²) in [6.45, 7) is 5.93. The molecular formula is C14H17BrFN3. The van der Waals surface area contributed by atoms with E-state index in [-0.39, 0.29) is 11.9 Å². The van der Waals surface area contributed by atoms with Gasteiger partial charge >= 0.3 is 0 Å². The highest BCUT2D eigenvalue weighted by molar-refractivity contribution is 9.10. The van der Waals surface area contributed by atoms with E-state index in [4.69, 9.17) is 0 Å². The molecule has 0 saturated heterocycles.